The van der Waals surface area contributed by atoms with E-state index < -0.39 is 5.38 Å². The Labute approximate surface area is 123 Å². The van der Waals surface area contributed by atoms with Crippen molar-refractivity contribution in [1.29, 1.82) is 0 Å². The topological polar surface area (TPSA) is 18.5 Å². The maximum Gasteiger partial charge on any atom is 0.131 e. The van der Waals surface area contributed by atoms with Gasteiger partial charge in [0.25, 0.3) is 0 Å². The van der Waals surface area contributed by atoms with Crippen molar-refractivity contribution in [3.8, 4) is 11.5 Å². The highest BCUT2D eigenvalue weighted by molar-refractivity contribution is 6.22. The second kappa shape index (κ2) is 6.62. The van der Waals surface area contributed by atoms with Crippen LogP contribution in [0.1, 0.15) is 23.4 Å². The zero-order valence-electron chi connectivity index (χ0n) is 11.4. The molecule has 0 bridgehead atoms. The molecule has 2 aromatic carbocycles. The number of hydrogen-bond donors (Lipinski definition) is 0. The van der Waals surface area contributed by atoms with Gasteiger partial charge in [0.1, 0.15) is 17.3 Å². The van der Waals surface area contributed by atoms with Crippen LogP contribution < -0.4 is 9.47 Å². The monoisotopic (exact) mass is 294 g/mol. The number of ether oxygens (including phenoxy) is 2. The minimum absolute atomic E-state index is 0.348. The lowest BCUT2D eigenvalue weighted by Crippen LogP contribution is -2.01. The number of halogens is 2. The molecule has 0 aromatic heterocycles. The summed E-state index contributed by atoms with van der Waals surface area (Å²) in [6, 6.07) is 12.0. The van der Waals surface area contributed by atoms with Gasteiger partial charge in [-0.2, -0.15) is 0 Å². The van der Waals surface area contributed by atoms with Gasteiger partial charge in [0.05, 0.1) is 24.7 Å². The van der Waals surface area contributed by atoms with Crippen molar-refractivity contribution in [3.05, 3.63) is 59.4 Å². The number of benzene rings is 2. The molecule has 4 heteroatoms. The van der Waals surface area contributed by atoms with Crippen LogP contribution in [0.15, 0.2) is 42.5 Å². The summed E-state index contributed by atoms with van der Waals surface area (Å²) in [4.78, 5) is 0. The minimum atomic E-state index is -0.609. The van der Waals surface area contributed by atoms with E-state index >= 15 is 0 Å². The van der Waals surface area contributed by atoms with Crippen LogP contribution in [-0.4, -0.2) is 13.7 Å². The first kappa shape index (κ1) is 14.7. The average Bonchev–Trinajstić information content (AvgIpc) is 2.47. The largest absolute Gasteiger partial charge is 0.496 e. The summed E-state index contributed by atoms with van der Waals surface area (Å²) in [6.07, 6.45) is 0. The molecule has 0 N–H and O–H groups in total. The van der Waals surface area contributed by atoms with Crippen molar-refractivity contribution < 1.29 is 13.9 Å². The quantitative estimate of drug-likeness (QED) is 0.753. The standard InChI is InChI=1S/C16H16ClFO2/c1-3-20-12-9-7-11(8-10-12)16(17)15-13(18)5-4-6-14(15)19-2/h4-10,16H,3H2,1-2H3. The molecule has 1 atom stereocenters. The second-order valence-corrected chi connectivity index (χ2v) is 4.66. The number of methoxy groups -OCH3 is 1. The van der Waals surface area contributed by atoms with E-state index in [1.807, 2.05) is 31.2 Å². The summed E-state index contributed by atoms with van der Waals surface area (Å²) in [5.74, 6) is 0.831. The summed E-state index contributed by atoms with van der Waals surface area (Å²) in [7, 11) is 1.50. The van der Waals surface area contributed by atoms with Gasteiger partial charge in [-0.25, -0.2) is 4.39 Å². The van der Waals surface area contributed by atoms with Crippen molar-refractivity contribution in [2.45, 2.75) is 12.3 Å². The van der Waals surface area contributed by atoms with Gasteiger partial charge in [0, 0.05) is 0 Å². The van der Waals surface area contributed by atoms with Crippen LogP contribution in [0, 0.1) is 5.82 Å². The predicted octanol–water partition coefficient (Wildman–Crippen LogP) is 4.56. The first-order valence-corrected chi connectivity index (χ1v) is 6.80. The molecular formula is C16H16ClFO2. The first-order chi connectivity index (χ1) is 9.67. The SMILES string of the molecule is CCOc1ccc(C(Cl)c2c(F)cccc2OC)cc1. The smallest absolute Gasteiger partial charge is 0.131 e. The third kappa shape index (κ3) is 3.05. The summed E-state index contributed by atoms with van der Waals surface area (Å²) in [6.45, 7) is 2.52. The molecule has 0 aliphatic rings. The van der Waals surface area contributed by atoms with Crippen molar-refractivity contribution in [2.75, 3.05) is 13.7 Å². The van der Waals surface area contributed by atoms with Crippen LogP contribution in [0.2, 0.25) is 0 Å². The Hall–Kier alpha value is -1.74. The van der Waals surface area contributed by atoms with E-state index in [2.05, 4.69) is 0 Å². The van der Waals surface area contributed by atoms with Crippen LogP contribution in [-0.2, 0) is 0 Å². The fraction of sp³-hybridized carbons (Fsp3) is 0.250. The van der Waals surface area contributed by atoms with Crippen molar-refractivity contribution in [2.24, 2.45) is 0 Å². The third-order valence-electron chi connectivity index (χ3n) is 2.97. The minimum Gasteiger partial charge on any atom is -0.496 e. The molecule has 2 nitrogen and oxygen atoms in total. The highest BCUT2D eigenvalue weighted by Gasteiger charge is 2.20. The molecule has 1 unspecified atom stereocenters. The van der Waals surface area contributed by atoms with E-state index in [4.69, 9.17) is 21.1 Å². The van der Waals surface area contributed by atoms with Crippen LogP contribution in [0.5, 0.6) is 11.5 Å². The number of hydrogen-bond acceptors (Lipinski definition) is 2. The number of alkyl halides is 1. The van der Waals surface area contributed by atoms with Crippen LogP contribution in [0.25, 0.3) is 0 Å². The van der Waals surface area contributed by atoms with Gasteiger partial charge in [-0.15, -0.1) is 11.6 Å². The molecule has 0 saturated heterocycles. The summed E-state index contributed by atoms with van der Waals surface area (Å²) >= 11 is 6.39. The number of rotatable bonds is 5. The predicted molar refractivity (Wildman–Crippen MR) is 78.3 cm³/mol. The molecule has 0 amide bonds. The van der Waals surface area contributed by atoms with Crippen molar-refractivity contribution >= 4 is 11.6 Å². The molecule has 0 radical (unpaired) electrons. The summed E-state index contributed by atoms with van der Waals surface area (Å²) in [5, 5.41) is -0.609. The van der Waals surface area contributed by atoms with E-state index in [0.717, 1.165) is 11.3 Å². The van der Waals surface area contributed by atoms with Crippen LogP contribution in [0.3, 0.4) is 0 Å². The zero-order chi connectivity index (χ0) is 14.5. The maximum atomic E-state index is 14.0. The van der Waals surface area contributed by atoms with Gasteiger partial charge >= 0.3 is 0 Å². The van der Waals surface area contributed by atoms with Gasteiger partial charge in [0.2, 0.25) is 0 Å². The Morgan fingerprint density at radius 3 is 2.45 bits per heavy atom. The Morgan fingerprint density at radius 1 is 1.15 bits per heavy atom. The molecular weight excluding hydrogens is 279 g/mol. The van der Waals surface area contributed by atoms with Crippen LogP contribution >= 0.6 is 11.6 Å². The van der Waals surface area contributed by atoms with Gasteiger partial charge < -0.3 is 9.47 Å². The summed E-state index contributed by atoms with van der Waals surface area (Å²) in [5.41, 5.74) is 1.14. The third-order valence-corrected chi connectivity index (χ3v) is 3.44. The van der Waals surface area contributed by atoms with Gasteiger partial charge in [0.15, 0.2) is 0 Å². The van der Waals surface area contributed by atoms with Gasteiger partial charge in [-0.1, -0.05) is 18.2 Å². The van der Waals surface area contributed by atoms with Crippen molar-refractivity contribution in [1.82, 2.24) is 0 Å². The Kier molecular flexibility index (Phi) is 4.85. The fourth-order valence-corrected chi connectivity index (χ4v) is 2.36. The molecule has 106 valence electrons. The van der Waals surface area contributed by atoms with Gasteiger partial charge in [-0.05, 0) is 36.8 Å². The van der Waals surface area contributed by atoms with E-state index in [0.29, 0.717) is 17.9 Å². The van der Waals surface area contributed by atoms with Crippen molar-refractivity contribution in [3.63, 3.8) is 0 Å². The molecule has 2 rings (SSSR count). The molecule has 0 heterocycles. The Bertz CT molecular complexity index is 569. The molecule has 0 aliphatic carbocycles. The molecule has 0 aliphatic heterocycles. The highest BCUT2D eigenvalue weighted by Crippen LogP contribution is 2.37. The van der Waals surface area contributed by atoms with E-state index in [9.17, 15) is 4.39 Å². The van der Waals surface area contributed by atoms with E-state index in [1.54, 1.807) is 12.1 Å². The maximum absolute atomic E-state index is 14.0. The normalized spacial score (nSPS) is 12.0. The lowest BCUT2D eigenvalue weighted by molar-refractivity contribution is 0.340. The fourth-order valence-electron chi connectivity index (χ4n) is 2.01. The first-order valence-electron chi connectivity index (χ1n) is 6.36. The Balaban J connectivity index is 2.33. The van der Waals surface area contributed by atoms with E-state index in [1.165, 1.54) is 13.2 Å². The second-order valence-electron chi connectivity index (χ2n) is 4.22. The molecule has 0 fully saturated rings. The summed E-state index contributed by atoms with van der Waals surface area (Å²) < 4.78 is 24.5. The lowest BCUT2D eigenvalue weighted by Gasteiger charge is -2.15. The molecule has 0 spiro atoms. The molecule has 2 aromatic rings. The van der Waals surface area contributed by atoms with Gasteiger partial charge in [-0.3, -0.25) is 0 Å². The zero-order valence-corrected chi connectivity index (χ0v) is 12.2. The van der Waals surface area contributed by atoms with E-state index in [-0.39, 0.29) is 5.82 Å². The van der Waals surface area contributed by atoms with Crippen LogP contribution in [0.4, 0.5) is 4.39 Å². The lowest BCUT2D eigenvalue weighted by atomic mass is 10.0. The Morgan fingerprint density at radius 2 is 1.85 bits per heavy atom. The molecule has 20 heavy (non-hydrogen) atoms. The molecule has 0 saturated carbocycles. The average molecular weight is 295 g/mol. The highest BCUT2D eigenvalue weighted by atomic mass is 35.5.